The third-order valence-corrected chi connectivity index (χ3v) is 2.61. The molecule has 0 aliphatic carbocycles. The van der Waals surface area contributed by atoms with Gasteiger partial charge < -0.3 is 11.1 Å². The van der Waals surface area contributed by atoms with Gasteiger partial charge in [0, 0.05) is 28.7 Å². The lowest BCUT2D eigenvalue weighted by molar-refractivity contribution is -0.385. The highest BCUT2D eigenvalue weighted by Gasteiger charge is 2.10. The Kier molecular flexibility index (Phi) is 3.14. The molecule has 5 heteroatoms. The minimum atomic E-state index is -0.385. The molecule has 0 aromatic heterocycles. The zero-order valence-electron chi connectivity index (χ0n) is 9.88. The van der Waals surface area contributed by atoms with E-state index >= 15 is 0 Å². The van der Waals surface area contributed by atoms with Gasteiger partial charge in [0.05, 0.1) is 4.92 Å². The first kappa shape index (κ1) is 11.9. The van der Waals surface area contributed by atoms with Crippen LogP contribution in [0.1, 0.15) is 5.56 Å². The fraction of sp³-hybridized carbons (Fsp3) is 0.0769. The van der Waals surface area contributed by atoms with E-state index in [2.05, 4.69) is 5.32 Å². The van der Waals surface area contributed by atoms with Crippen molar-refractivity contribution < 1.29 is 4.92 Å². The summed E-state index contributed by atoms with van der Waals surface area (Å²) >= 11 is 0. The first-order valence-electron chi connectivity index (χ1n) is 5.44. The summed E-state index contributed by atoms with van der Waals surface area (Å²) < 4.78 is 0. The van der Waals surface area contributed by atoms with Crippen LogP contribution in [0.25, 0.3) is 0 Å². The van der Waals surface area contributed by atoms with E-state index in [1.165, 1.54) is 6.07 Å². The van der Waals surface area contributed by atoms with Crippen LogP contribution in [-0.2, 0) is 0 Å². The van der Waals surface area contributed by atoms with Crippen LogP contribution in [0, 0.1) is 17.0 Å². The van der Waals surface area contributed by atoms with Gasteiger partial charge in [-0.15, -0.1) is 0 Å². The maximum atomic E-state index is 10.8. The average Bonchev–Trinajstić information content (AvgIpc) is 2.34. The monoisotopic (exact) mass is 243 g/mol. The fourth-order valence-corrected chi connectivity index (χ4v) is 1.62. The Bertz CT molecular complexity index is 579. The van der Waals surface area contributed by atoms with Gasteiger partial charge in [0.1, 0.15) is 0 Å². The van der Waals surface area contributed by atoms with E-state index in [4.69, 9.17) is 5.73 Å². The van der Waals surface area contributed by atoms with Crippen LogP contribution >= 0.6 is 0 Å². The van der Waals surface area contributed by atoms with Crippen LogP contribution in [-0.4, -0.2) is 4.92 Å². The zero-order valence-corrected chi connectivity index (χ0v) is 9.88. The van der Waals surface area contributed by atoms with Crippen molar-refractivity contribution >= 4 is 22.7 Å². The number of aryl methyl sites for hydroxylation is 1. The molecule has 0 saturated heterocycles. The Morgan fingerprint density at radius 3 is 2.33 bits per heavy atom. The predicted molar refractivity (Wildman–Crippen MR) is 72.0 cm³/mol. The van der Waals surface area contributed by atoms with Gasteiger partial charge in [0.25, 0.3) is 5.69 Å². The molecule has 3 N–H and O–H groups in total. The standard InChI is InChI=1S/C13H13N3O2/c1-9-2-5-12(8-13(9)16(17)18)15-11-6-3-10(14)4-7-11/h2-8,15H,14H2,1H3. The summed E-state index contributed by atoms with van der Waals surface area (Å²) in [5, 5.41) is 13.9. The molecule has 0 bridgehead atoms. The van der Waals surface area contributed by atoms with Crippen LogP contribution in [0.2, 0.25) is 0 Å². The number of rotatable bonds is 3. The Balaban J connectivity index is 2.27. The molecule has 0 heterocycles. The lowest BCUT2D eigenvalue weighted by Gasteiger charge is -2.07. The van der Waals surface area contributed by atoms with Crippen molar-refractivity contribution in [3.63, 3.8) is 0 Å². The molecular weight excluding hydrogens is 230 g/mol. The molecular formula is C13H13N3O2. The molecule has 0 radical (unpaired) electrons. The second-order valence-corrected chi connectivity index (χ2v) is 4.01. The summed E-state index contributed by atoms with van der Waals surface area (Å²) in [5.74, 6) is 0. The summed E-state index contributed by atoms with van der Waals surface area (Å²) in [6.45, 7) is 1.71. The highest BCUT2D eigenvalue weighted by molar-refractivity contribution is 5.65. The van der Waals surface area contributed by atoms with Crippen molar-refractivity contribution in [1.29, 1.82) is 0 Å². The smallest absolute Gasteiger partial charge is 0.274 e. The van der Waals surface area contributed by atoms with Gasteiger partial charge in [0.15, 0.2) is 0 Å². The number of hydrogen-bond acceptors (Lipinski definition) is 4. The first-order chi connectivity index (χ1) is 8.56. The third kappa shape index (κ3) is 2.57. The van der Waals surface area contributed by atoms with Gasteiger partial charge in [0.2, 0.25) is 0 Å². The van der Waals surface area contributed by atoms with E-state index in [-0.39, 0.29) is 10.6 Å². The lowest BCUT2D eigenvalue weighted by atomic mass is 10.2. The van der Waals surface area contributed by atoms with Crippen LogP contribution < -0.4 is 11.1 Å². The number of nitrogens with one attached hydrogen (secondary N) is 1. The van der Waals surface area contributed by atoms with E-state index in [9.17, 15) is 10.1 Å². The number of nitro groups is 1. The Morgan fingerprint density at radius 1 is 1.11 bits per heavy atom. The van der Waals surface area contributed by atoms with Gasteiger partial charge in [-0.05, 0) is 37.3 Å². The van der Waals surface area contributed by atoms with Crippen molar-refractivity contribution in [1.82, 2.24) is 0 Å². The Hall–Kier alpha value is -2.56. The minimum absolute atomic E-state index is 0.107. The molecule has 2 aromatic carbocycles. The molecule has 2 rings (SSSR count). The molecule has 5 nitrogen and oxygen atoms in total. The van der Waals surface area contributed by atoms with E-state index in [1.807, 2.05) is 12.1 Å². The number of nitrogens with zero attached hydrogens (tertiary/aromatic N) is 1. The predicted octanol–water partition coefficient (Wildman–Crippen LogP) is 3.23. The van der Waals surface area contributed by atoms with Crippen molar-refractivity contribution in [2.45, 2.75) is 6.92 Å². The average molecular weight is 243 g/mol. The molecule has 2 aromatic rings. The van der Waals surface area contributed by atoms with Gasteiger partial charge in [-0.25, -0.2) is 0 Å². The molecule has 0 aliphatic rings. The van der Waals surface area contributed by atoms with Crippen molar-refractivity contribution in [3.05, 3.63) is 58.1 Å². The SMILES string of the molecule is Cc1ccc(Nc2ccc(N)cc2)cc1[N+](=O)[O-]. The number of benzene rings is 2. The largest absolute Gasteiger partial charge is 0.399 e. The second-order valence-electron chi connectivity index (χ2n) is 4.01. The summed E-state index contributed by atoms with van der Waals surface area (Å²) in [7, 11) is 0. The van der Waals surface area contributed by atoms with Crippen LogP contribution in [0.4, 0.5) is 22.7 Å². The lowest BCUT2D eigenvalue weighted by Crippen LogP contribution is -1.95. The van der Waals surface area contributed by atoms with E-state index < -0.39 is 0 Å². The first-order valence-corrected chi connectivity index (χ1v) is 5.44. The molecule has 0 unspecified atom stereocenters. The molecule has 18 heavy (non-hydrogen) atoms. The van der Waals surface area contributed by atoms with Gasteiger partial charge in [-0.2, -0.15) is 0 Å². The quantitative estimate of drug-likeness (QED) is 0.492. The fourth-order valence-electron chi connectivity index (χ4n) is 1.62. The number of anilines is 3. The molecule has 0 atom stereocenters. The normalized spacial score (nSPS) is 10.1. The third-order valence-electron chi connectivity index (χ3n) is 2.61. The van der Waals surface area contributed by atoms with Crippen LogP contribution in [0.15, 0.2) is 42.5 Å². The Labute approximate surface area is 104 Å². The van der Waals surface area contributed by atoms with Gasteiger partial charge in [-0.3, -0.25) is 10.1 Å². The van der Waals surface area contributed by atoms with Crippen LogP contribution in [0.3, 0.4) is 0 Å². The molecule has 0 spiro atoms. The minimum Gasteiger partial charge on any atom is -0.399 e. The zero-order chi connectivity index (χ0) is 13.1. The molecule has 0 aliphatic heterocycles. The highest BCUT2D eigenvalue weighted by atomic mass is 16.6. The summed E-state index contributed by atoms with van der Waals surface area (Å²) in [6, 6.07) is 12.2. The maximum absolute atomic E-state index is 10.8. The Morgan fingerprint density at radius 2 is 1.72 bits per heavy atom. The summed E-state index contributed by atoms with van der Waals surface area (Å²) in [4.78, 5) is 10.4. The molecule has 0 amide bonds. The second kappa shape index (κ2) is 4.75. The maximum Gasteiger partial charge on any atom is 0.274 e. The van der Waals surface area contributed by atoms with Crippen LogP contribution in [0.5, 0.6) is 0 Å². The van der Waals surface area contributed by atoms with E-state index in [1.54, 1.807) is 31.2 Å². The number of nitro benzene ring substituents is 1. The van der Waals surface area contributed by atoms with E-state index in [0.717, 1.165) is 5.69 Å². The van der Waals surface area contributed by atoms with Gasteiger partial charge in [-0.1, -0.05) is 6.07 Å². The van der Waals surface area contributed by atoms with Crippen molar-refractivity contribution in [2.24, 2.45) is 0 Å². The number of nitrogen functional groups attached to an aromatic ring is 1. The number of hydrogen-bond donors (Lipinski definition) is 2. The van der Waals surface area contributed by atoms with Crippen molar-refractivity contribution in [2.75, 3.05) is 11.1 Å². The molecule has 0 saturated carbocycles. The van der Waals surface area contributed by atoms with E-state index in [0.29, 0.717) is 16.9 Å². The molecule has 0 fully saturated rings. The highest BCUT2D eigenvalue weighted by Crippen LogP contribution is 2.25. The topological polar surface area (TPSA) is 81.2 Å². The number of nitrogens with two attached hydrogens (primary N) is 1. The summed E-state index contributed by atoms with van der Waals surface area (Å²) in [5.41, 5.74) is 8.52. The molecule has 92 valence electrons. The van der Waals surface area contributed by atoms with Crippen molar-refractivity contribution in [3.8, 4) is 0 Å². The van der Waals surface area contributed by atoms with Gasteiger partial charge >= 0.3 is 0 Å². The summed E-state index contributed by atoms with van der Waals surface area (Å²) in [6.07, 6.45) is 0.